The summed E-state index contributed by atoms with van der Waals surface area (Å²) >= 11 is 1.14. The molecule has 0 bridgehead atoms. The number of aromatic nitrogens is 6. The molecule has 11 heteroatoms. The van der Waals surface area contributed by atoms with Gasteiger partial charge in [-0.25, -0.2) is 23.7 Å². The average molecular weight is 467 g/mol. The van der Waals surface area contributed by atoms with Gasteiger partial charge >= 0.3 is 0 Å². The summed E-state index contributed by atoms with van der Waals surface area (Å²) in [6.07, 6.45) is 9.64. The van der Waals surface area contributed by atoms with Crippen molar-refractivity contribution in [2.75, 3.05) is 24.2 Å². The van der Waals surface area contributed by atoms with Gasteiger partial charge < -0.3 is 9.88 Å². The van der Waals surface area contributed by atoms with E-state index in [0.29, 0.717) is 13.1 Å². The number of H-pyrrole nitrogens is 1. The lowest BCUT2D eigenvalue weighted by molar-refractivity contribution is 0.331. The summed E-state index contributed by atoms with van der Waals surface area (Å²) in [6, 6.07) is 4.86. The van der Waals surface area contributed by atoms with E-state index in [-0.39, 0.29) is 29.2 Å². The third-order valence-electron chi connectivity index (χ3n) is 6.01. The summed E-state index contributed by atoms with van der Waals surface area (Å²) in [4.78, 5) is 17.7. The number of hydrogen-bond acceptors (Lipinski definition) is 7. The third-order valence-corrected chi connectivity index (χ3v) is 6.68. The summed E-state index contributed by atoms with van der Waals surface area (Å²) in [7, 11) is 0. The second-order valence-corrected chi connectivity index (χ2v) is 8.68. The molecule has 8 nitrogen and oxygen atoms in total. The predicted octanol–water partition coefficient (Wildman–Crippen LogP) is 4.20. The fourth-order valence-electron chi connectivity index (χ4n) is 4.41. The first-order valence-electron chi connectivity index (χ1n) is 10.4. The Morgan fingerprint density at radius 2 is 2.21 bits per heavy atom. The van der Waals surface area contributed by atoms with Gasteiger partial charge in [0.2, 0.25) is 0 Å². The van der Waals surface area contributed by atoms with Crippen molar-refractivity contribution in [3.05, 3.63) is 48.7 Å². The number of aromatic amines is 1. The first kappa shape index (κ1) is 21.3. The maximum Gasteiger partial charge on any atom is 0.168 e. The molecule has 0 aromatic carbocycles. The van der Waals surface area contributed by atoms with Crippen LogP contribution in [0, 0.1) is 28.9 Å². The molecule has 0 unspecified atom stereocenters. The van der Waals surface area contributed by atoms with E-state index >= 15 is 0 Å². The number of thioether (sulfide) groups is 1. The summed E-state index contributed by atoms with van der Waals surface area (Å²) in [5.74, 6) is -1.13. The van der Waals surface area contributed by atoms with Gasteiger partial charge in [-0.15, -0.1) is 11.8 Å². The highest BCUT2D eigenvalue weighted by Gasteiger charge is 2.33. The summed E-state index contributed by atoms with van der Waals surface area (Å²) < 4.78 is 30.1. The Balaban J connectivity index is 1.41. The summed E-state index contributed by atoms with van der Waals surface area (Å²) in [6.45, 7) is 1.07. The normalized spacial score (nSPS) is 16.9. The molecule has 2 atom stereocenters. The Morgan fingerprint density at radius 3 is 3.03 bits per heavy atom. The molecule has 1 fully saturated rings. The summed E-state index contributed by atoms with van der Waals surface area (Å²) in [5.41, 5.74) is 2.33. The van der Waals surface area contributed by atoms with Crippen LogP contribution >= 0.6 is 11.8 Å². The highest BCUT2D eigenvalue weighted by Crippen LogP contribution is 2.35. The van der Waals surface area contributed by atoms with E-state index in [4.69, 9.17) is 0 Å². The second kappa shape index (κ2) is 8.78. The van der Waals surface area contributed by atoms with Gasteiger partial charge in [-0.05, 0) is 18.7 Å². The maximum absolute atomic E-state index is 14.5. The zero-order valence-corrected chi connectivity index (χ0v) is 18.6. The number of rotatable bonds is 6. The first-order valence-corrected chi connectivity index (χ1v) is 11.7. The lowest BCUT2D eigenvalue weighted by Crippen LogP contribution is -2.26. The van der Waals surface area contributed by atoms with Crippen molar-refractivity contribution in [2.45, 2.75) is 23.9 Å². The number of fused-ring (bicyclic) bond motifs is 1. The topological polar surface area (TPSA) is 99.3 Å². The Kier molecular flexibility index (Phi) is 5.68. The van der Waals surface area contributed by atoms with Gasteiger partial charge in [-0.3, -0.25) is 4.68 Å². The van der Waals surface area contributed by atoms with Crippen molar-refractivity contribution in [1.82, 2.24) is 29.7 Å². The van der Waals surface area contributed by atoms with Crippen molar-refractivity contribution in [3.8, 4) is 17.3 Å². The van der Waals surface area contributed by atoms with Gasteiger partial charge in [0.1, 0.15) is 17.0 Å². The second-order valence-electron chi connectivity index (χ2n) is 7.88. The molecule has 1 aliphatic heterocycles. The minimum atomic E-state index is -0.677. The Labute approximate surface area is 192 Å². The molecule has 0 aliphatic carbocycles. The van der Waals surface area contributed by atoms with E-state index < -0.39 is 11.6 Å². The predicted molar refractivity (Wildman–Crippen MR) is 121 cm³/mol. The third kappa shape index (κ3) is 3.91. The van der Waals surface area contributed by atoms with Crippen LogP contribution in [0.25, 0.3) is 22.3 Å². The van der Waals surface area contributed by atoms with Crippen LogP contribution in [0.5, 0.6) is 0 Å². The Hall–Kier alpha value is -3.52. The van der Waals surface area contributed by atoms with Gasteiger partial charge in [0.25, 0.3) is 0 Å². The van der Waals surface area contributed by atoms with Crippen LogP contribution in [0.15, 0.2) is 42.1 Å². The number of nitrogens with zero attached hydrogens (tertiary/aromatic N) is 7. The van der Waals surface area contributed by atoms with Gasteiger partial charge in [-0.2, -0.15) is 10.4 Å². The SMILES string of the molecule is CSc1nc(N2CC[C@H]([C@H](CC#N)n3cc(-c4ncnc5[nH]ccc45)cn3)C2)c(F)cc1F. The highest BCUT2D eigenvalue weighted by molar-refractivity contribution is 7.98. The quantitative estimate of drug-likeness (QED) is 0.425. The smallest absolute Gasteiger partial charge is 0.168 e. The monoisotopic (exact) mass is 466 g/mol. The highest BCUT2D eigenvalue weighted by atomic mass is 32.2. The first-order chi connectivity index (χ1) is 16.1. The van der Waals surface area contributed by atoms with Crippen molar-refractivity contribution in [2.24, 2.45) is 5.92 Å². The molecular formula is C22H20F2N8S. The van der Waals surface area contributed by atoms with Crippen LogP contribution in [-0.2, 0) is 0 Å². The Morgan fingerprint density at radius 1 is 1.33 bits per heavy atom. The molecule has 4 aromatic rings. The van der Waals surface area contributed by atoms with Crippen molar-refractivity contribution >= 4 is 28.6 Å². The minimum Gasteiger partial charge on any atom is -0.354 e. The van der Waals surface area contributed by atoms with E-state index in [0.717, 1.165) is 46.5 Å². The Bertz CT molecular complexity index is 1340. The molecular weight excluding hydrogens is 446 g/mol. The fraction of sp³-hybridized carbons (Fsp3) is 0.318. The van der Waals surface area contributed by atoms with Crippen LogP contribution in [0.1, 0.15) is 18.9 Å². The van der Waals surface area contributed by atoms with Crippen LogP contribution in [0.4, 0.5) is 14.6 Å². The van der Waals surface area contributed by atoms with E-state index in [1.54, 1.807) is 17.1 Å². The van der Waals surface area contributed by atoms with Crippen LogP contribution in [0.2, 0.25) is 0 Å². The standard InChI is InChI=1S/C22H20F2N8S/c1-33-22-17(24)8-16(23)21(30-22)31-7-4-13(10-31)18(2-5-25)32-11-14(9-29-32)19-15-3-6-26-20(15)28-12-27-19/h3,6,8-9,11-13,18H,2,4,7,10H2,1H3,(H,26,27,28)/t13-,18-/m0/s1. The van der Waals surface area contributed by atoms with Crippen molar-refractivity contribution < 1.29 is 8.78 Å². The molecule has 33 heavy (non-hydrogen) atoms. The lowest BCUT2D eigenvalue weighted by atomic mass is 9.96. The van der Waals surface area contributed by atoms with Gasteiger partial charge in [0.05, 0.1) is 30.4 Å². The number of anilines is 1. The van der Waals surface area contributed by atoms with E-state index in [1.807, 2.05) is 23.4 Å². The van der Waals surface area contributed by atoms with Crippen molar-refractivity contribution in [1.29, 1.82) is 5.26 Å². The number of nitrogens with one attached hydrogen (secondary N) is 1. The van der Waals surface area contributed by atoms with Gasteiger partial charge in [0, 0.05) is 48.4 Å². The molecule has 0 saturated carbocycles. The largest absolute Gasteiger partial charge is 0.354 e. The van der Waals surface area contributed by atoms with Gasteiger partial charge in [0.15, 0.2) is 17.5 Å². The average Bonchev–Trinajstić information content (AvgIpc) is 3.58. The zero-order chi connectivity index (χ0) is 22.9. The molecule has 168 valence electrons. The van der Waals surface area contributed by atoms with E-state index in [1.165, 1.54) is 6.33 Å². The molecule has 5 rings (SSSR count). The summed E-state index contributed by atoms with van der Waals surface area (Å²) in [5, 5.41) is 15.1. The minimum absolute atomic E-state index is 0.0547. The molecule has 0 radical (unpaired) electrons. The molecule has 1 saturated heterocycles. The molecule has 1 N–H and O–H groups in total. The van der Waals surface area contributed by atoms with Crippen LogP contribution in [0.3, 0.4) is 0 Å². The number of hydrogen-bond donors (Lipinski definition) is 1. The molecule has 0 spiro atoms. The van der Waals surface area contributed by atoms with E-state index in [2.05, 4.69) is 31.1 Å². The lowest BCUT2D eigenvalue weighted by Gasteiger charge is -2.23. The van der Waals surface area contributed by atoms with Crippen LogP contribution < -0.4 is 4.90 Å². The molecule has 5 heterocycles. The number of nitriles is 1. The van der Waals surface area contributed by atoms with Crippen molar-refractivity contribution in [3.63, 3.8) is 0 Å². The number of halogens is 2. The number of pyridine rings is 1. The fourth-order valence-corrected chi connectivity index (χ4v) is 4.84. The molecule has 1 aliphatic rings. The van der Waals surface area contributed by atoms with Crippen LogP contribution in [-0.4, -0.2) is 49.1 Å². The maximum atomic E-state index is 14.5. The molecule has 0 amide bonds. The van der Waals surface area contributed by atoms with E-state index in [9.17, 15) is 14.0 Å². The zero-order valence-electron chi connectivity index (χ0n) is 17.7. The molecule has 4 aromatic heterocycles. The van der Waals surface area contributed by atoms with Gasteiger partial charge in [-0.1, -0.05) is 0 Å².